The maximum absolute atomic E-state index is 11.8. The number of benzene rings is 2. The molecule has 13 heteroatoms. The van der Waals surface area contributed by atoms with Gasteiger partial charge in [-0.1, -0.05) is 35.3 Å². The van der Waals surface area contributed by atoms with Crippen molar-refractivity contribution in [3.05, 3.63) is 76.0 Å². The lowest BCUT2D eigenvalue weighted by atomic mass is 10.2. The number of aliphatic hydroxyl groups is 1. The number of aromatic carboxylic acids is 1. The van der Waals surface area contributed by atoms with E-state index in [0.717, 1.165) is 0 Å². The Morgan fingerprint density at radius 1 is 1.08 bits per heavy atom. The third-order valence-electron chi connectivity index (χ3n) is 5.37. The number of hydrogen-bond donors (Lipinski definition) is 5. The lowest BCUT2D eigenvalue weighted by Crippen LogP contribution is -2.16. The highest BCUT2D eigenvalue weighted by molar-refractivity contribution is 6.35. The van der Waals surface area contributed by atoms with Crippen LogP contribution in [0.2, 0.25) is 10.0 Å². The van der Waals surface area contributed by atoms with Gasteiger partial charge in [-0.3, -0.25) is 0 Å². The first-order valence-corrected chi connectivity index (χ1v) is 12.7. The van der Waals surface area contributed by atoms with Crippen LogP contribution >= 0.6 is 23.2 Å². The van der Waals surface area contributed by atoms with E-state index in [1.165, 1.54) is 6.07 Å². The highest BCUT2D eigenvalue weighted by Gasteiger charge is 2.18. The molecule has 11 nitrogen and oxygen atoms in total. The summed E-state index contributed by atoms with van der Waals surface area (Å²) in [6, 6.07) is 11.6. The molecule has 4 aromatic rings. The van der Waals surface area contributed by atoms with Crippen LogP contribution in [0.15, 0.2) is 53.1 Å². The van der Waals surface area contributed by atoms with Crippen molar-refractivity contribution in [1.82, 2.24) is 15.0 Å². The van der Waals surface area contributed by atoms with Crippen molar-refractivity contribution in [1.29, 1.82) is 0 Å². The van der Waals surface area contributed by atoms with Gasteiger partial charge >= 0.3 is 5.97 Å². The number of ether oxygens (including phenoxy) is 1. The van der Waals surface area contributed by atoms with E-state index in [1.54, 1.807) is 49.5 Å². The quantitative estimate of drug-likeness (QED) is 0.134. The van der Waals surface area contributed by atoms with Crippen molar-refractivity contribution in [2.75, 3.05) is 42.3 Å². The summed E-state index contributed by atoms with van der Waals surface area (Å²) < 4.78 is 11.2. The number of carboxylic acids is 1. The Morgan fingerprint density at radius 2 is 1.87 bits per heavy atom. The second-order valence-electron chi connectivity index (χ2n) is 8.18. The van der Waals surface area contributed by atoms with Crippen molar-refractivity contribution in [2.24, 2.45) is 0 Å². The Balaban J connectivity index is 1.62. The normalized spacial score (nSPS) is 10.9. The smallest absolute Gasteiger partial charge is 0.337 e. The van der Waals surface area contributed by atoms with Crippen LogP contribution in [0.3, 0.4) is 0 Å². The maximum atomic E-state index is 11.8. The largest absolute Gasteiger partial charge is 0.478 e. The number of halogens is 2. The minimum Gasteiger partial charge on any atom is -0.478 e. The molecule has 2 aromatic carbocycles. The van der Waals surface area contributed by atoms with E-state index in [4.69, 9.17) is 37.5 Å². The molecule has 0 saturated carbocycles. The number of nitrogens with one attached hydrogen (secondary N) is 3. The third-order valence-corrected chi connectivity index (χ3v) is 5.93. The number of carboxylic acid groups (broad SMARTS) is 1. The average molecular weight is 573 g/mol. The first-order chi connectivity index (χ1) is 18.9. The van der Waals surface area contributed by atoms with Crippen molar-refractivity contribution in [3.63, 3.8) is 0 Å². The molecule has 0 atom stereocenters. The van der Waals surface area contributed by atoms with E-state index in [-0.39, 0.29) is 25.3 Å². The van der Waals surface area contributed by atoms with E-state index in [0.29, 0.717) is 69.2 Å². The number of aliphatic hydroxyl groups excluding tert-OH is 1. The fraction of sp³-hybridized carbons (Fsp3) is 0.231. The number of aromatic nitrogens is 3. The summed E-state index contributed by atoms with van der Waals surface area (Å²) in [7, 11) is 0. The lowest BCUT2D eigenvalue weighted by molar-refractivity contribution is 0.0698. The highest BCUT2D eigenvalue weighted by Crippen LogP contribution is 2.33. The van der Waals surface area contributed by atoms with Gasteiger partial charge in [0.15, 0.2) is 17.4 Å². The molecule has 0 aliphatic heterocycles. The van der Waals surface area contributed by atoms with Crippen LogP contribution in [0.1, 0.15) is 22.1 Å². The van der Waals surface area contributed by atoms with Gasteiger partial charge in [0.1, 0.15) is 11.5 Å². The molecule has 5 N–H and O–H groups in total. The van der Waals surface area contributed by atoms with Crippen molar-refractivity contribution in [2.45, 2.75) is 13.5 Å². The Kier molecular flexibility index (Phi) is 9.55. The number of aryl methyl sites for hydroxylation is 1. The number of oxazole rings is 1. The number of carbonyl (C=O) groups is 1. The van der Waals surface area contributed by atoms with Crippen LogP contribution in [-0.2, 0) is 11.3 Å². The highest BCUT2D eigenvalue weighted by atomic mass is 35.5. The predicted octanol–water partition coefficient (Wildman–Crippen LogP) is 5.22. The fourth-order valence-corrected chi connectivity index (χ4v) is 4.02. The van der Waals surface area contributed by atoms with Gasteiger partial charge in [0.05, 0.1) is 48.8 Å². The summed E-state index contributed by atoms with van der Waals surface area (Å²) in [5, 5.41) is 29.1. The zero-order chi connectivity index (χ0) is 27.8. The van der Waals surface area contributed by atoms with Gasteiger partial charge in [-0.2, -0.15) is 0 Å². The summed E-state index contributed by atoms with van der Waals surface area (Å²) in [6.45, 7) is 2.74. The molecule has 4 rings (SSSR count). The van der Waals surface area contributed by atoms with Gasteiger partial charge in [-0.05, 0) is 37.3 Å². The summed E-state index contributed by atoms with van der Waals surface area (Å²) in [5.41, 5.74) is 1.52. The minimum absolute atomic E-state index is 0.0744. The Bertz CT molecular complexity index is 1450. The first-order valence-electron chi connectivity index (χ1n) is 11.9. The number of hydrogen-bond acceptors (Lipinski definition) is 10. The van der Waals surface area contributed by atoms with Crippen LogP contribution in [-0.4, -0.2) is 57.5 Å². The second-order valence-corrected chi connectivity index (χ2v) is 9.02. The van der Waals surface area contributed by atoms with E-state index in [9.17, 15) is 9.90 Å². The summed E-state index contributed by atoms with van der Waals surface area (Å²) >= 11 is 12.4. The molecule has 0 spiro atoms. The maximum Gasteiger partial charge on any atom is 0.337 e. The van der Waals surface area contributed by atoms with Gasteiger partial charge in [-0.15, -0.1) is 0 Å². The molecule has 0 radical (unpaired) electrons. The zero-order valence-corrected chi connectivity index (χ0v) is 22.4. The average Bonchev–Trinajstić information content (AvgIpc) is 3.38. The molecule has 0 bridgehead atoms. The summed E-state index contributed by atoms with van der Waals surface area (Å²) in [4.78, 5) is 25.1. The van der Waals surface area contributed by atoms with Crippen LogP contribution < -0.4 is 16.0 Å². The van der Waals surface area contributed by atoms with Crippen molar-refractivity contribution in [3.8, 4) is 11.3 Å². The molecule has 0 amide bonds. The monoisotopic (exact) mass is 572 g/mol. The van der Waals surface area contributed by atoms with Crippen molar-refractivity contribution >= 4 is 52.2 Å². The molecule has 2 heterocycles. The molecular weight excluding hydrogens is 547 g/mol. The van der Waals surface area contributed by atoms with Gasteiger partial charge in [0.25, 0.3) is 0 Å². The number of para-hydroxylation sites is 1. The molecule has 0 unspecified atom stereocenters. The molecule has 0 saturated heterocycles. The fourth-order valence-electron chi connectivity index (χ4n) is 3.64. The van der Waals surface area contributed by atoms with E-state index < -0.39 is 5.97 Å². The van der Waals surface area contributed by atoms with Gasteiger partial charge in [0.2, 0.25) is 5.89 Å². The minimum atomic E-state index is -1.08. The summed E-state index contributed by atoms with van der Waals surface area (Å²) in [6.07, 6.45) is 1.56. The van der Waals surface area contributed by atoms with E-state index in [2.05, 4.69) is 30.9 Å². The molecular formula is C26H26Cl2N6O5. The Labute approximate surface area is 234 Å². The molecule has 0 aliphatic rings. The van der Waals surface area contributed by atoms with Crippen LogP contribution in [0.4, 0.5) is 23.0 Å². The van der Waals surface area contributed by atoms with Gasteiger partial charge in [0, 0.05) is 17.1 Å². The number of anilines is 4. The number of nitrogens with zero attached hydrogens (tertiary/aromatic N) is 3. The Morgan fingerprint density at radius 3 is 2.67 bits per heavy atom. The van der Waals surface area contributed by atoms with Gasteiger partial charge < -0.3 is 35.3 Å². The third kappa shape index (κ3) is 7.36. The topological polar surface area (TPSA) is 155 Å². The molecule has 39 heavy (non-hydrogen) atoms. The number of rotatable bonds is 13. The van der Waals surface area contributed by atoms with Crippen molar-refractivity contribution < 1.29 is 24.2 Å². The van der Waals surface area contributed by atoms with Crippen LogP contribution in [0.5, 0.6) is 0 Å². The molecule has 0 aliphatic carbocycles. The Hall–Kier alpha value is -3.90. The van der Waals surface area contributed by atoms with Gasteiger partial charge in [-0.25, -0.2) is 19.7 Å². The predicted molar refractivity (Wildman–Crippen MR) is 149 cm³/mol. The molecule has 0 fully saturated rings. The molecule has 2 aromatic heterocycles. The molecule has 204 valence electrons. The van der Waals surface area contributed by atoms with E-state index in [1.807, 2.05) is 0 Å². The standard InChI is InChI=1S/C26H26Cl2N6O5/c1-15-32-24(29-8-10-38-11-9-35)23(25(33-15)34-20-5-3-2-4-17(20)26(36)37)31-14-22-30-13-21(39-22)18-12-16(27)6-7-19(18)28/h2-7,12-13,31,35H,8-11,14H2,1H3,(H,36,37)(H2,29,32,33,34). The van der Waals surface area contributed by atoms with E-state index >= 15 is 0 Å². The first kappa shape index (κ1) is 28.1. The SMILES string of the molecule is Cc1nc(NCCOCCO)c(NCc2ncc(-c3cc(Cl)ccc3Cl)o2)c(Nc2ccccc2C(=O)O)n1. The van der Waals surface area contributed by atoms with Crippen LogP contribution in [0.25, 0.3) is 11.3 Å². The van der Waals surface area contributed by atoms with Crippen LogP contribution in [0, 0.1) is 6.92 Å². The zero-order valence-electron chi connectivity index (χ0n) is 20.9. The lowest BCUT2D eigenvalue weighted by Gasteiger charge is -2.18. The second kappa shape index (κ2) is 13.3. The summed E-state index contributed by atoms with van der Waals surface area (Å²) in [5.74, 6) is 0.978.